The van der Waals surface area contributed by atoms with E-state index in [0.717, 1.165) is 57.8 Å². The summed E-state index contributed by atoms with van der Waals surface area (Å²) in [5, 5.41) is 18.2. The number of esters is 2. The molecule has 0 aromatic heterocycles. The fraction of sp³-hybridized carbons (Fsp3) is 0.886. The van der Waals surface area contributed by atoms with Gasteiger partial charge in [0.25, 0.3) is 0 Å². The fourth-order valence-electron chi connectivity index (χ4n) is 4.81. The standard InChI is InChI=1S/C35H67O10P/c1-3-5-7-9-11-13-15-17-18-20-22-24-26-34(38)42-30-33(31-44-46(40,41)43-29-32(37)28-36)45-35(39)27-25-23-21-19-16-14-12-10-8-6-4-2/h11,13,32-33,36-37H,3-10,12,14-31H2,1-2H3,(H,40,41)/b13-11+/t32-,33+/m0/s1. The number of carbonyl (C=O) groups excluding carboxylic acids is 2. The van der Waals surface area contributed by atoms with Gasteiger partial charge in [-0.15, -0.1) is 0 Å². The van der Waals surface area contributed by atoms with E-state index in [-0.39, 0.29) is 19.4 Å². The Morgan fingerprint density at radius 3 is 1.61 bits per heavy atom. The number of aliphatic hydroxyl groups is 2. The molecule has 0 saturated heterocycles. The van der Waals surface area contributed by atoms with Gasteiger partial charge in [0.2, 0.25) is 0 Å². The van der Waals surface area contributed by atoms with E-state index in [2.05, 4.69) is 30.5 Å². The van der Waals surface area contributed by atoms with Crippen LogP contribution in [-0.2, 0) is 32.7 Å². The van der Waals surface area contributed by atoms with Gasteiger partial charge in [0, 0.05) is 12.8 Å². The molecule has 272 valence electrons. The Balaban J connectivity index is 4.40. The lowest BCUT2D eigenvalue weighted by molar-refractivity contribution is -0.161. The third kappa shape index (κ3) is 31.3. The minimum Gasteiger partial charge on any atom is -0.462 e. The number of carbonyl (C=O) groups is 2. The normalized spacial score (nSPS) is 14.3. The maximum absolute atomic E-state index is 12.5. The number of unbranched alkanes of at least 4 members (excludes halogenated alkanes) is 18. The van der Waals surface area contributed by atoms with E-state index in [1.54, 1.807) is 0 Å². The van der Waals surface area contributed by atoms with Gasteiger partial charge in [-0.3, -0.25) is 18.6 Å². The number of hydrogen-bond acceptors (Lipinski definition) is 9. The molecule has 0 amide bonds. The van der Waals surface area contributed by atoms with Gasteiger partial charge in [-0.25, -0.2) is 4.57 Å². The Hall–Kier alpha value is -1.29. The van der Waals surface area contributed by atoms with Crippen molar-refractivity contribution in [3.63, 3.8) is 0 Å². The van der Waals surface area contributed by atoms with Gasteiger partial charge in [-0.2, -0.15) is 0 Å². The second-order valence-corrected chi connectivity index (χ2v) is 13.7. The number of phosphoric acid groups is 1. The van der Waals surface area contributed by atoms with Crippen LogP contribution in [0.3, 0.4) is 0 Å². The van der Waals surface area contributed by atoms with Crippen LogP contribution in [0.2, 0.25) is 0 Å². The quantitative estimate of drug-likeness (QED) is 0.0262. The minimum atomic E-state index is -4.60. The highest BCUT2D eigenvalue weighted by Crippen LogP contribution is 2.43. The number of phosphoric ester groups is 1. The summed E-state index contributed by atoms with van der Waals surface area (Å²) in [6.45, 7) is 2.32. The summed E-state index contributed by atoms with van der Waals surface area (Å²) in [6.07, 6.45) is 26.1. The van der Waals surface area contributed by atoms with Crippen LogP contribution in [0.1, 0.15) is 162 Å². The van der Waals surface area contributed by atoms with E-state index in [1.807, 2.05) is 0 Å². The third-order valence-electron chi connectivity index (χ3n) is 7.67. The van der Waals surface area contributed by atoms with Gasteiger partial charge in [0.05, 0.1) is 19.8 Å². The van der Waals surface area contributed by atoms with Crippen molar-refractivity contribution in [3.8, 4) is 0 Å². The molecule has 11 heteroatoms. The summed E-state index contributed by atoms with van der Waals surface area (Å²) in [5.41, 5.74) is 0. The third-order valence-corrected chi connectivity index (χ3v) is 8.62. The highest BCUT2D eigenvalue weighted by Gasteiger charge is 2.27. The topological polar surface area (TPSA) is 149 Å². The van der Waals surface area contributed by atoms with Crippen LogP contribution < -0.4 is 0 Å². The lowest BCUT2D eigenvalue weighted by Crippen LogP contribution is -2.29. The van der Waals surface area contributed by atoms with Gasteiger partial charge in [-0.1, -0.05) is 122 Å². The van der Waals surface area contributed by atoms with Gasteiger partial charge < -0.3 is 24.6 Å². The summed E-state index contributed by atoms with van der Waals surface area (Å²) < 4.78 is 32.5. The van der Waals surface area contributed by atoms with Crippen LogP contribution in [0.15, 0.2) is 12.2 Å². The predicted molar refractivity (Wildman–Crippen MR) is 182 cm³/mol. The van der Waals surface area contributed by atoms with Crippen molar-refractivity contribution in [1.29, 1.82) is 0 Å². The Kier molecular flexibility index (Phi) is 31.4. The molecule has 46 heavy (non-hydrogen) atoms. The molecule has 0 rings (SSSR count). The zero-order chi connectivity index (χ0) is 34.1. The average molecular weight is 679 g/mol. The first-order valence-electron chi connectivity index (χ1n) is 18.1. The molecule has 0 aliphatic heterocycles. The molecule has 0 aromatic rings. The molecule has 0 radical (unpaired) electrons. The average Bonchev–Trinajstić information content (AvgIpc) is 3.04. The molecule has 3 atom stereocenters. The highest BCUT2D eigenvalue weighted by atomic mass is 31.2. The molecule has 3 N–H and O–H groups in total. The van der Waals surface area contributed by atoms with Crippen LogP contribution in [0.4, 0.5) is 0 Å². The van der Waals surface area contributed by atoms with Crippen molar-refractivity contribution in [2.75, 3.05) is 26.4 Å². The molecule has 0 spiro atoms. The first-order chi connectivity index (χ1) is 22.2. The van der Waals surface area contributed by atoms with Crippen LogP contribution >= 0.6 is 7.82 Å². The maximum atomic E-state index is 12.5. The predicted octanol–water partition coefficient (Wildman–Crippen LogP) is 8.50. The van der Waals surface area contributed by atoms with Gasteiger partial charge in [-0.05, 0) is 38.5 Å². The summed E-state index contributed by atoms with van der Waals surface area (Å²) in [7, 11) is -4.60. The molecule has 0 aromatic carbocycles. The minimum absolute atomic E-state index is 0.187. The zero-order valence-electron chi connectivity index (χ0n) is 29.0. The second-order valence-electron chi connectivity index (χ2n) is 12.3. The first kappa shape index (κ1) is 44.7. The monoisotopic (exact) mass is 678 g/mol. The molecule has 1 unspecified atom stereocenters. The lowest BCUT2D eigenvalue weighted by atomic mass is 10.1. The Morgan fingerprint density at radius 2 is 1.07 bits per heavy atom. The van der Waals surface area contributed by atoms with E-state index in [4.69, 9.17) is 19.1 Å². The molecule has 0 heterocycles. The van der Waals surface area contributed by atoms with Crippen LogP contribution in [0.5, 0.6) is 0 Å². The SMILES string of the molecule is CCCCC/C=C/CCCCCCCC(=O)OC[C@H](COP(=O)(O)OC[C@@H](O)CO)OC(=O)CCCCCCCCCCCCC. The van der Waals surface area contributed by atoms with E-state index in [9.17, 15) is 24.2 Å². The van der Waals surface area contributed by atoms with Crippen LogP contribution in [0.25, 0.3) is 0 Å². The zero-order valence-corrected chi connectivity index (χ0v) is 29.9. The van der Waals surface area contributed by atoms with E-state index >= 15 is 0 Å². The Labute approximate surface area is 279 Å². The molecule has 0 bridgehead atoms. The smallest absolute Gasteiger partial charge is 0.462 e. The summed E-state index contributed by atoms with van der Waals surface area (Å²) in [6, 6.07) is 0. The van der Waals surface area contributed by atoms with Crippen LogP contribution in [-0.4, -0.2) is 65.7 Å². The second kappa shape index (κ2) is 32.3. The van der Waals surface area contributed by atoms with Crippen molar-refractivity contribution in [1.82, 2.24) is 0 Å². The number of rotatable bonds is 34. The highest BCUT2D eigenvalue weighted by molar-refractivity contribution is 7.47. The van der Waals surface area contributed by atoms with Crippen molar-refractivity contribution in [2.45, 2.75) is 174 Å². The van der Waals surface area contributed by atoms with Gasteiger partial charge >= 0.3 is 19.8 Å². The number of aliphatic hydroxyl groups excluding tert-OH is 2. The van der Waals surface area contributed by atoms with Crippen molar-refractivity contribution < 1.29 is 47.8 Å². The summed E-state index contributed by atoms with van der Waals surface area (Å²) in [4.78, 5) is 34.7. The molecular weight excluding hydrogens is 611 g/mol. The summed E-state index contributed by atoms with van der Waals surface area (Å²) >= 11 is 0. The number of hydrogen-bond donors (Lipinski definition) is 3. The van der Waals surface area contributed by atoms with Crippen molar-refractivity contribution >= 4 is 19.8 Å². The molecular formula is C35H67O10P. The lowest BCUT2D eigenvalue weighted by Gasteiger charge is -2.20. The number of ether oxygens (including phenoxy) is 2. The molecule has 0 aliphatic carbocycles. The molecule has 0 fully saturated rings. The van der Waals surface area contributed by atoms with Gasteiger partial charge in [0.1, 0.15) is 12.7 Å². The molecule has 10 nitrogen and oxygen atoms in total. The molecule has 0 saturated carbocycles. The van der Waals surface area contributed by atoms with Crippen molar-refractivity contribution in [2.24, 2.45) is 0 Å². The first-order valence-corrected chi connectivity index (χ1v) is 19.6. The van der Waals surface area contributed by atoms with E-state index in [0.29, 0.717) is 12.8 Å². The Morgan fingerprint density at radius 1 is 0.630 bits per heavy atom. The van der Waals surface area contributed by atoms with Crippen molar-refractivity contribution in [3.05, 3.63) is 12.2 Å². The summed E-state index contributed by atoms with van der Waals surface area (Å²) in [5.74, 6) is -0.934. The fourth-order valence-corrected chi connectivity index (χ4v) is 5.60. The Bertz CT molecular complexity index is 791. The maximum Gasteiger partial charge on any atom is 0.472 e. The van der Waals surface area contributed by atoms with E-state index < -0.39 is 51.8 Å². The van der Waals surface area contributed by atoms with E-state index in [1.165, 1.54) is 64.2 Å². The van der Waals surface area contributed by atoms with Gasteiger partial charge in [0.15, 0.2) is 6.10 Å². The largest absolute Gasteiger partial charge is 0.472 e. The number of allylic oxidation sites excluding steroid dienone is 2. The molecule has 0 aliphatic rings. The van der Waals surface area contributed by atoms with Crippen LogP contribution in [0, 0.1) is 0 Å².